The van der Waals surface area contributed by atoms with Crippen LogP contribution in [0.5, 0.6) is 5.75 Å². The molecule has 0 saturated heterocycles. The van der Waals surface area contributed by atoms with Gasteiger partial charge in [0.2, 0.25) is 0 Å². The number of fused-ring (bicyclic) bond motifs is 1. The summed E-state index contributed by atoms with van der Waals surface area (Å²) < 4.78 is 7.84. The molecule has 0 radical (unpaired) electrons. The predicted molar refractivity (Wildman–Crippen MR) is 131 cm³/mol. The predicted octanol–water partition coefficient (Wildman–Crippen LogP) is 6.14. The van der Waals surface area contributed by atoms with Crippen molar-refractivity contribution in [1.29, 1.82) is 0 Å². The quantitative estimate of drug-likeness (QED) is 0.258. The number of hydrogen-bond acceptors (Lipinski definition) is 4. The molecule has 0 atom stereocenters. The van der Waals surface area contributed by atoms with Crippen LogP contribution in [-0.4, -0.2) is 15.4 Å². The Hall–Kier alpha value is -4.38. The van der Waals surface area contributed by atoms with E-state index in [0.29, 0.717) is 17.9 Å². The molecule has 0 unspecified atom stereocenters. The molecule has 5 nitrogen and oxygen atoms in total. The Morgan fingerprint density at radius 2 is 1.61 bits per heavy atom. The minimum atomic E-state index is -0.401. The van der Waals surface area contributed by atoms with E-state index in [2.05, 4.69) is 17.4 Å². The number of rotatable bonds is 6. The van der Waals surface area contributed by atoms with Gasteiger partial charge >= 0.3 is 5.97 Å². The first kappa shape index (κ1) is 20.5. The standard InChI is InChI=1S/C28H23N3O2/c1-20-16-17-31-25(18-20)30-26(27(31)29-19-21-10-4-2-5-11-21)23-14-8-9-15-24(23)33-28(32)22-12-6-3-7-13-22/h2-18,29H,19H2,1H3. The summed E-state index contributed by atoms with van der Waals surface area (Å²) in [5, 5.41) is 3.54. The summed E-state index contributed by atoms with van der Waals surface area (Å²) >= 11 is 0. The van der Waals surface area contributed by atoms with Gasteiger partial charge in [-0.1, -0.05) is 60.7 Å². The summed E-state index contributed by atoms with van der Waals surface area (Å²) in [7, 11) is 0. The molecule has 0 spiro atoms. The van der Waals surface area contributed by atoms with Gasteiger partial charge in [-0.25, -0.2) is 9.78 Å². The van der Waals surface area contributed by atoms with Crippen LogP contribution < -0.4 is 10.1 Å². The third-order valence-corrected chi connectivity index (χ3v) is 5.44. The molecule has 0 fully saturated rings. The van der Waals surface area contributed by atoms with Crippen LogP contribution in [0.3, 0.4) is 0 Å². The van der Waals surface area contributed by atoms with Gasteiger partial charge in [0.25, 0.3) is 0 Å². The van der Waals surface area contributed by atoms with Crippen molar-refractivity contribution in [3.05, 3.63) is 120 Å². The number of aromatic nitrogens is 2. The smallest absolute Gasteiger partial charge is 0.343 e. The Balaban J connectivity index is 1.56. The van der Waals surface area contributed by atoms with Gasteiger partial charge in [0.15, 0.2) is 0 Å². The molecule has 0 aliphatic rings. The van der Waals surface area contributed by atoms with Gasteiger partial charge in [-0.3, -0.25) is 4.40 Å². The number of benzene rings is 3. The molecule has 2 aromatic heterocycles. The van der Waals surface area contributed by atoms with Crippen molar-refractivity contribution < 1.29 is 9.53 Å². The number of imidazole rings is 1. The maximum absolute atomic E-state index is 12.7. The molecule has 5 aromatic rings. The van der Waals surface area contributed by atoms with E-state index >= 15 is 0 Å². The van der Waals surface area contributed by atoms with E-state index in [-0.39, 0.29) is 0 Å². The van der Waals surface area contributed by atoms with Crippen molar-refractivity contribution in [3.8, 4) is 17.0 Å². The first-order chi connectivity index (χ1) is 16.2. The minimum Gasteiger partial charge on any atom is -0.422 e. The van der Waals surface area contributed by atoms with E-state index in [1.807, 2.05) is 84.3 Å². The van der Waals surface area contributed by atoms with E-state index in [0.717, 1.165) is 33.8 Å². The van der Waals surface area contributed by atoms with Crippen molar-refractivity contribution in [3.63, 3.8) is 0 Å². The van der Waals surface area contributed by atoms with Crippen LogP contribution in [0.15, 0.2) is 103 Å². The van der Waals surface area contributed by atoms with Crippen molar-refractivity contribution in [2.75, 3.05) is 5.32 Å². The van der Waals surface area contributed by atoms with Gasteiger partial charge < -0.3 is 10.1 Å². The van der Waals surface area contributed by atoms with Gasteiger partial charge in [-0.2, -0.15) is 0 Å². The van der Waals surface area contributed by atoms with E-state index in [4.69, 9.17) is 9.72 Å². The van der Waals surface area contributed by atoms with Crippen LogP contribution in [0.4, 0.5) is 5.82 Å². The maximum Gasteiger partial charge on any atom is 0.343 e. The summed E-state index contributed by atoms with van der Waals surface area (Å²) in [5.41, 5.74) is 5.09. The molecule has 3 aromatic carbocycles. The van der Waals surface area contributed by atoms with Crippen LogP contribution in [0.1, 0.15) is 21.5 Å². The van der Waals surface area contributed by atoms with Crippen molar-refractivity contribution in [2.24, 2.45) is 0 Å². The first-order valence-electron chi connectivity index (χ1n) is 10.8. The third kappa shape index (κ3) is 4.34. The molecule has 0 aliphatic heterocycles. The Labute approximate surface area is 192 Å². The van der Waals surface area contributed by atoms with Crippen LogP contribution in [0, 0.1) is 6.92 Å². The number of ether oxygens (including phenoxy) is 1. The van der Waals surface area contributed by atoms with E-state index in [9.17, 15) is 4.79 Å². The molecule has 5 rings (SSSR count). The van der Waals surface area contributed by atoms with Gasteiger partial charge in [0.1, 0.15) is 22.9 Å². The van der Waals surface area contributed by atoms with Gasteiger partial charge in [-0.05, 0) is 54.4 Å². The second-order valence-corrected chi connectivity index (χ2v) is 7.83. The Kier molecular flexibility index (Phi) is 5.60. The van der Waals surface area contributed by atoms with Crippen LogP contribution >= 0.6 is 0 Å². The second kappa shape index (κ2) is 9.01. The lowest BCUT2D eigenvalue weighted by molar-refractivity contribution is 0.0735. The van der Waals surface area contributed by atoms with E-state index < -0.39 is 5.97 Å². The third-order valence-electron chi connectivity index (χ3n) is 5.44. The number of esters is 1. The zero-order valence-corrected chi connectivity index (χ0v) is 18.2. The number of pyridine rings is 1. The van der Waals surface area contributed by atoms with Crippen molar-refractivity contribution >= 4 is 17.4 Å². The number of para-hydroxylation sites is 1. The molecule has 5 heteroatoms. The number of nitrogens with zero attached hydrogens (tertiary/aromatic N) is 2. The highest BCUT2D eigenvalue weighted by Gasteiger charge is 2.19. The molecular formula is C28H23N3O2. The lowest BCUT2D eigenvalue weighted by atomic mass is 10.1. The first-order valence-corrected chi connectivity index (χ1v) is 10.8. The summed E-state index contributed by atoms with van der Waals surface area (Å²) in [6.45, 7) is 2.68. The van der Waals surface area contributed by atoms with Crippen LogP contribution in [0.25, 0.3) is 16.9 Å². The van der Waals surface area contributed by atoms with Crippen LogP contribution in [-0.2, 0) is 6.54 Å². The second-order valence-electron chi connectivity index (χ2n) is 7.83. The van der Waals surface area contributed by atoms with E-state index in [1.54, 1.807) is 18.2 Å². The average molecular weight is 434 g/mol. The number of anilines is 1. The highest BCUT2D eigenvalue weighted by Crippen LogP contribution is 2.36. The fourth-order valence-corrected chi connectivity index (χ4v) is 3.77. The van der Waals surface area contributed by atoms with Crippen LogP contribution in [0.2, 0.25) is 0 Å². The molecule has 0 aliphatic carbocycles. The SMILES string of the molecule is Cc1ccn2c(NCc3ccccc3)c(-c3ccccc3OC(=O)c3ccccc3)nc2c1. The average Bonchev–Trinajstić information content (AvgIpc) is 3.21. The Bertz CT molecular complexity index is 1410. The normalized spacial score (nSPS) is 10.8. The molecule has 0 saturated carbocycles. The minimum absolute atomic E-state index is 0.401. The zero-order valence-electron chi connectivity index (χ0n) is 18.2. The molecule has 33 heavy (non-hydrogen) atoms. The molecule has 0 bridgehead atoms. The summed E-state index contributed by atoms with van der Waals surface area (Å²) in [4.78, 5) is 17.7. The number of hydrogen-bond donors (Lipinski definition) is 1. The fraction of sp³-hybridized carbons (Fsp3) is 0.0714. The largest absolute Gasteiger partial charge is 0.422 e. The Morgan fingerprint density at radius 1 is 0.909 bits per heavy atom. The Morgan fingerprint density at radius 3 is 2.39 bits per heavy atom. The number of nitrogens with one attached hydrogen (secondary N) is 1. The molecular weight excluding hydrogens is 410 g/mol. The zero-order chi connectivity index (χ0) is 22.6. The summed E-state index contributed by atoms with van der Waals surface area (Å²) in [5.74, 6) is 0.910. The molecule has 1 N–H and O–H groups in total. The lowest BCUT2D eigenvalue weighted by Crippen LogP contribution is -2.09. The van der Waals surface area contributed by atoms with Gasteiger partial charge in [0, 0.05) is 18.3 Å². The van der Waals surface area contributed by atoms with E-state index in [1.165, 1.54) is 0 Å². The number of carbonyl (C=O) groups is 1. The maximum atomic E-state index is 12.7. The van der Waals surface area contributed by atoms with Crippen molar-refractivity contribution in [2.45, 2.75) is 13.5 Å². The summed E-state index contributed by atoms with van der Waals surface area (Å²) in [6, 6.07) is 30.8. The van der Waals surface area contributed by atoms with Crippen molar-refractivity contribution in [1.82, 2.24) is 9.38 Å². The lowest BCUT2D eigenvalue weighted by Gasteiger charge is -2.12. The molecule has 0 amide bonds. The highest BCUT2D eigenvalue weighted by atomic mass is 16.5. The highest BCUT2D eigenvalue weighted by molar-refractivity contribution is 5.92. The molecule has 2 heterocycles. The monoisotopic (exact) mass is 433 g/mol. The topological polar surface area (TPSA) is 55.6 Å². The summed E-state index contributed by atoms with van der Waals surface area (Å²) in [6.07, 6.45) is 2.01. The fourth-order valence-electron chi connectivity index (χ4n) is 3.77. The van der Waals surface area contributed by atoms with Gasteiger partial charge in [-0.15, -0.1) is 0 Å². The number of carbonyl (C=O) groups excluding carboxylic acids is 1. The molecule has 162 valence electrons. The number of aryl methyl sites for hydroxylation is 1. The van der Waals surface area contributed by atoms with Gasteiger partial charge in [0.05, 0.1) is 5.56 Å².